The molecule has 0 unspecified atom stereocenters. The molecule has 7 heteroatoms. The lowest BCUT2D eigenvalue weighted by Gasteiger charge is -2.11. The van der Waals surface area contributed by atoms with Crippen LogP contribution < -0.4 is 14.8 Å². The zero-order valence-electron chi connectivity index (χ0n) is 14.2. The van der Waals surface area contributed by atoms with Gasteiger partial charge in [-0.15, -0.1) is 0 Å². The van der Waals surface area contributed by atoms with Gasteiger partial charge in [-0.3, -0.25) is 10.1 Å². The van der Waals surface area contributed by atoms with Crippen LogP contribution in [0.3, 0.4) is 0 Å². The summed E-state index contributed by atoms with van der Waals surface area (Å²) < 4.78 is 21.3. The van der Waals surface area contributed by atoms with Gasteiger partial charge in [0, 0.05) is 18.7 Å². The van der Waals surface area contributed by atoms with E-state index in [1.807, 2.05) is 6.92 Å². The minimum absolute atomic E-state index is 0.171. The molecule has 0 saturated carbocycles. The van der Waals surface area contributed by atoms with Crippen LogP contribution in [0.5, 0.6) is 11.5 Å². The van der Waals surface area contributed by atoms with Crippen LogP contribution in [0, 0.1) is 0 Å². The van der Waals surface area contributed by atoms with E-state index in [1.54, 1.807) is 18.2 Å². The molecule has 1 aromatic carbocycles. The Hall–Kier alpha value is -2.28. The molecule has 0 atom stereocenters. The summed E-state index contributed by atoms with van der Waals surface area (Å²) >= 11 is 0. The number of benzene rings is 1. The van der Waals surface area contributed by atoms with Crippen molar-refractivity contribution in [3.8, 4) is 11.5 Å². The van der Waals surface area contributed by atoms with E-state index in [2.05, 4.69) is 17.2 Å². The third-order valence-corrected chi connectivity index (χ3v) is 3.29. The summed E-state index contributed by atoms with van der Waals surface area (Å²) in [5.74, 6) is 0.890. The second-order valence-electron chi connectivity index (χ2n) is 5.11. The third kappa shape index (κ3) is 5.42. The summed E-state index contributed by atoms with van der Waals surface area (Å²) in [4.78, 5) is 16.7. The molecule has 1 aliphatic rings. The first kappa shape index (κ1) is 18.1. The zero-order chi connectivity index (χ0) is 17.2. The van der Waals surface area contributed by atoms with Gasteiger partial charge >= 0.3 is 0 Å². The summed E-state index contributed by atoms with van der Waals surface area (Å²) in [5.41, 5.74) is 0.454. The molecule has 0 saturated heterocycles. The molecule has 0 radical (unpaired) electrons. The molecule has 1 N–H and O–H groups in total. The molecule has 132 valence electrons. The smallest absolute Gasteiger partial charge is 0.291 e. The largest absolute Gasteiger partial charge is 0.463 e. The molecule has 1 aromatic rings. The van der Waals surface area contributed by atoms with Crippen LogP contribution in [0.15, 0.2) is 23.2 Å². The van der Waals surface area contributed by atoms with Gasteiger partial charge in [-0.2, -0.15) is 0 Å². The maximum atomic E-state index is 12.4. The second-order valence-corrected chi connectivity index (χ2v) is 5.11. The number of rotatable bonds is 8. The number of unbranched alkanes of at least 4 members (excludes halogenated alkanes) is 1. The van der Waals surface area contributed by atoms with Crippen LogP contribution in [0.2, 0.25) is 0 Å². The number of amides is 1. The fourth-order valence-electron chi connectivity index (χ4n) is 2.01. The van der Waals surface area contributed by atoms with E-state index in [0.29, 0.717) is 43.4 Å². The van der Waals surface area contributed by atoms with E-state index in [4.69, 9.17) is 18.9 Å². The lowest BCUT2D eigenvalue weighted by molar-refractivity contribution is 0.0921. The lowest BCUT2D eigenvalue weighted by atomic mass is 10.2. The Labute approximate surface area is 142 Å². The average molecular weight is 336 g/mol. The molecular formula is C17H24N2O5. The number of aliphatic imine (C=N–C) groups is 1. The molecule has 0 bridgehead atoms. The first-order valence-corrected chi connectivity index (χ1v) is 8.20. The van der Waals surface area contributed by atoms with Crippen molar-refractivity contribution in [1.29, 1.82) is 0 Å². The highest BCUT2D eigenvalue weighted by Crippen LogP contribution is 2.32. The van der Waals surface area contributed by atoms with Crippen molar-refractivity contribution < 1.29 is 23.7 Å². The molecule has 7 nitrogen and oxygen atoms in total. The van der Waals surface area contributed by atoms with Gasteiger partial charge in [0.25, 0.3) is 11.9 Å². The Balaban J connectivity index is 1.96. The standard InChI is InChI=1S/C17H24N2O5/c1-3-5-8-18-17(22-10-9-21-4-2)19-16(20)13-6-7-14-15(11-13)24-12-23-14/h6-7,11H,3-5,8-10,12H2,1-2H3,(H,18,19,20). The van der Waals surface area contributed by atoms with Crippen molar-refractivity contribution >= 4 is 11.9 Å². The number of nitrogens with zero attached hydrogens (tertiary/aromatic N) is 1. The summed E-state index contributed by atoms with van der Waals surface area (Å²) in [7, 11) is 0. The first-order valence-electron chi connectivity index (χ1n) is 8.20. The number of amidine groups is 1. The van der Waals surface area contributed by atoms with E-state index in [9.17, 15) is 4.79 Å². The van der Waals surface area contributed by atoms with Gasteiger partial charge in [-0.25, -0.2) is 4.99 Å². The number of carbonyl (C=O) groups is 1. The first-order chi connectivity index (χ1) is 11.7. The van der Waals surface area contributed by atoms with Crippen LogP contribution in [-0.4, -0.2) is 45.1 Å². The maximum Gasteiger partial charge on any atom is 0.291 e. The van der Waals surface area contributed by atoms with Gasteiger partial charge in [-0.1, -0.05) is 13.3 Å². The van der Waals surface area contributed by atoms with Gasteiger partial charge < -0.3 is 18.9 Å². The highest BCUT2D eigenvalue weighted by Gasteiger charge is 2.17. The van der Waals surface area contributed by atoms with E-state index in [1.165, 1.54) is 0 Å². The van der Waals surface area contributed by atoms with Crippen LogP contribution in [0.1, 0.15) is 37.0 Å². The van der Waals surface area contributed by atoms with E-state index < -0.39 is 0 Å². The number of carbonyl (C=O) groups excluding carboxylic acids is 1. The van der Waals surface area contributed by atoms with Crippen LogP contribution >= 0.6 is 0 Å². The van der Waals surface area contributed by atoms with Gasteiger partial charge in [-0.05, 0) is 31.5 Å². The molecule has 24 heavy (non-hydrogen) atoms. The Bertz CT molecular complexity index is 574. The average Bonchev–Trinajstić information content (AvgIpc) is 3.06. The predicted octanol–water partition coefficient (Wildman–Crippen LogP) is 2.35. The monoisotopic (exact) mass is 336 g/mol. The molecule has 0 spiro atoms. The number of nitrogens with one attached hydrogen (secondary N) is 1. The van der Waals surface area contributed by atoms with Crippen molar-refractivity contribution in [2.75, 3.05) is 33.2 Å². The number of hydrogen-bond acceptors (Lipinski definition) is 6. The van der Waals surface area contributed by atoms with Crippen molar-refractivity contribution in [3.05, 3.63) is 23.8 Å². The highest BCUT2D eigenvalue weighted by atomic mass is 16.7. The summed E-state index contributed by atoms with van der Waals surface area (Å²) in [6.07, 6.45) is 1.95. The number of hydrogen-bond donors (Lipinski definition) is 1. The van der Waals surface area contributed by atoms with Gasteiger partial charge in [0.15, 0.2) is 11.5 Å². The summed E-state index contributed by atoms with van der Waals surface area (Å²) in [6, 6.07) is 5.24. The quantitative estimate of drug-likeness (QED) is 0.448. The Morgan fingerprint density at radius 1 is 1.25 bits per heavy atom. The molecule has 0 aromatic heterocycles. The molecule has 2 rings (SSSR count). The van der Waals surface area contributed by atoms with E-state index in [-0.39, 0.29) is 18.7 Å². The maximum absolute atomic E-state index is 12.4. The minimum atomic E-state index is -0.306. The van der Waals surface area contributed by atoms with Gasteiger partial charge in [0.05, 0.1) is 6.61 Å². The fraction of sp³-hybridized carbons (Fsp3) is 0.529. The van der Waals surface area contributed by atoms with E-state index >= 15 is 0 Å². The minimum Gasteiger partial charge on any atom is -0.463 e. The van der Waals surface area contributed by atoms with Crippen molar-refractivity contribution in [1.82, 2.24) is 5.32 Å². The molecule has 0 aliphatic carbocycles. The molecule has 1 aliphatic heterocycles. The van der Waals surface area contributed by atoms with Crippen LogP contribution in [-0.2, 0) is 9.47 Å². The summed E-state index contributed by atoms with van der Waals surface area (Å²) in [6.45, 7) is 6.17. The van der Waals surface area contributed by atoms with Crippen LogP contribution in [0.4, 0.5) is 0 Å². The Morgan fingerprint density at radius 2 is 2.08 bits per heavy atom. The third-order valence-electron chi connectivity index (χ3n) is 3.29. The zero-order valence-corrected chi connectivity index (χ0v) is 14.2. The number of fused-ring (bicyclic) bond motifs is 1. The lowest BCUT2D eigenvalue weighted by Crippen LogP contribution is -2.33. The van der Waals surface area contributed by atoms with Crippen molar-refractivity contribution in [2.24, 2.45) is 4.99 Å². The predicted molar refractivity (Wildman–Crippen MR) is 89.7 cm³/mol. The Kier molecular flexibility index (Phi) is 7.35. The highest BCUT2D eigenvalue weighted by molar-refractivity contribution is 6.04. The van der Waals surface area contributed by atoms with E-state index in [0.717, 1.165) is 12.8 Å². The molecule has 1 amide bonds. The van der Waals surface area contributed by atoms with Gasteiger partial charge in [0.1, 0.15) is 6.61 Å². The molecule has 0 fully saturated rings. The fourth-order valence-corrected chi connectivity index (χ4v) is 2.01. The van der Waals surface area contributed by atoms with Gasteiger partial charge in [0.2, 0.25) is 6.79 Å². The van der Waals surface area contributed by atoms with Crippen molar-refractivity contribution in [2.45, 2.75) is 26.7 Å². The normalized spacial score (nSPS) is 13.0. The Morgan fingerprint density at radius 3 is 2.88 bits per heavy atom. The SMILES string of the molecule is CCCCN=C(NC(=O)c1ccc2c(c1)OCO2)OCCOCC. The molecular weight excluding hydrogens is 312 g/mol. The molecule has 1 heterocycles. The topological polar surface area (TPSA) is 78.4 Å². The van der Waals surface area contributed by atoms with Crippen LogP contribution in [0.25, 0.3) is 0 Å². The second kappa shape index (κ2) is 9.77. The number of ether oxygens (including phenoxy) is 4. The summed E-state index contributed by atoms with van der Waals surface area (Å²) in [5, 5.41) is 2.70. The van der Waals surface area contributed by atoms with Crippen molar-refractivity contribution in [3.63, 3.8) is 0 Å².